The SMILES string of the molecule is Cc1ccc(N2c3ccc(C)cc3B3c4ccc(C(c5ccccc5)c5ccccc5)cc4N(c4ccccc4)c4c3c2cc(N(c2ccccc2)c2ccccc2)c4[Si](C)(C)c2ccccc2)cc1. The minimum atomic E-state index is -2.70. The van der Waals surface area contributed by atoms with E-state index in [4.69, 9.17) is 0 Å². The average molecular weight is 916 g/mol. The summed E-state index contributed by atoms with van der Waals surface area (Å²) in [4.78, 5) is 7.76. The molecule has 10 aromatic rings. The number of hydrogen-bond donors (Lipinski definition) is 0. The van der Waals surface area contributed by atoms with E-state index in [9.17, 15) is 0 Å². The van der Waals surface area contributed by atoms with E-state index < -0.39 is 8.07 Å². The third-order valence-electron chi connectivity index (χ3n) is 14.7. The van der Waals surface area contributed by atoms with E-state index in [-0.39, 0.29) is 12.6 Å². The second-order valence-electron chi connectivity index (χ2n) is 19.5. The van der Waals surface area contributed by atoms with Crippen LogP contribution in [0.5, 0.6) is 0 Å². The monoisotopic (exact) mass is 915 g/mol. The normalized spacial score (nSPS) is 12.6. The predicted octanol–water partition coefficient (Wildman–Crippen LogP) is 13.9. The molecule has 5 heteroatoms. The molecule has 12 rings (SSSR count). The number of anilines is 9. The third kappa shape index (κ3) is 7.37. The molecule has 0 aromatic heterocycles. The molecule has 2 aliphatic rings. The molecule has 3 nitrogen and oxygen atoms in total. The molecule has 0 unspecified atom stereocenters. The highest BCUT2D eigenvalue weighted by Crippen LogP contribution is 2.49. The fourth-order valence-electron chi connectivity index (χ4n) is 11.4. The Hall–Kier alpha value is -8.12. The lowest BCUT2D eigenvalue weighted by Gasteiger charge is -2.48. The lowest BCUT2D eigenvalue weighted by atomic mass is 9.33. The number of hydrogen-bond acceptors (Lipinski definition) is 3. The Morgan fingerprint density at radius 3 is 1.51 bits per heavy atom. The van der Waals surface area contributed by atoms with Crippen molar-refractivity contribution < 1.29 is 0 Å². The van der Waals surface area contributed by atoms with Crippen LogP contribution in [-0.4, -0.2) is 14.8 Å². The molecule has 336 valence electrons. The molecular weight excluding hydrogens is 862 g/mol. The molecule has 0 fully saturated rings. The van der Waals surface area contributed by atoms with E-state index in [0.717, 1.165) is 22.7 Å². The Morgan fingerprint density at radius 2 is 0.929 bits per heavy atom. The van der Waals surface area contributed by atoms with Gasteiger partial charge in [0.25, 0.3) is 6.71 Å². The first kappa shape index (κ1) is 43.2. The van der Waals surface area contributed by atoms with Gasteiger partial charge in [0.2, 0.25) is 0 Å². The van der Waals surface area contributed by atoms with Gasteiger partial charge in [-0.3, -0.25) is 0 Å². The van der Waals surface area contributed by atoms with E-state index in [1.165, 1.54) is 83.0 Å². The quantitative estimate of drug-likeness (QED) is 0.1000. The Labute approximate surface area is 414 Å². The van der Waals surface area contributed by atoms with Crippen LogP contribution in [0.3, 0.4) is 0 Å². The Balaban J connectivity index is 1.28. The smallest absolute Gasteiger partial charge is 0.252 e. The summed E-state index contributed by atoms with van der Waals surface area (Å²) in [5, 5.41) is 2.77. The summed E-state index contributed by atoms with van der Waals surface area (Å²) in [6, 6.07) is 92.9. The number of fused-ring (bicyclic) bond motifs is 4. The first-order valence-electron chi connectivity index (χ1n) is 24.6. The fourth-order valence-corrected chi connectivity index (χ4v) is 14.4. The summed E-state index contributed by atoms with van der Waals surface area (Å²) in [5.74, 6) is 0.0211. The summed E-state index contributed by atoms with van der Waals surface area (Å²) in [5.41, 5.74) is 20.8. The Morgan fingerprint density at radius 1 is 0.414 bits per heavy atom. The molecule has 0 N–H and O–H groups in total. The maximum Gasteiger partial charge on any atom is 0.252 e. The maximum atomic E-state index is 2.67. The molecule has 0 spiro atoms. The van der Waals surface area contributed by atoms with Crippen LogP contribution in [0.25, 0.3) is 0 Å². The molecular formula is C65H54BN3Si. The summed E-state index contributed by atoms with van der Waals surface area (Å²) < 4.78 is 0. The highest BCUT2D eigenvalue weighted by molar-refractivity contribution is 7.05. The van der Waals surface area contributed by atoms with Crippen molar-refractivity contribution in [1.29, 1.82) is 0 Å². The van der Waals surface area contributed by atoms with Crippen molar-refractivity contribution in [3.63, 3.8) is 0 Å². The predicted molar refractivity (Wildman–Crippen MR) is 302 cm³/mol. The zero-order chi connectivity index (χ0) is 47.3. The lowest BCUT2D eigenvalue weighted by Crippen LogP contribution is -2.65. The van der Waals surface area contributed by atoms with Gasteiger partial charge in [-0.25, -0.2) is 0 Å². The number of nitrogens with zero attached hydrogens (tertiary/aromatic N) is 3. The summed E-state index contributed by atoms with van der Waals surface area (Å²) in [7, 11) is -2.70. The van der Waals surface area contributed by atoms with Crippen LogP contribution in [0.2, 0.25) is 13.1 Å². The molecule has 2 heterocycles. The van der Waals surface area contributed by atoms with Crippen molar-refractivity contribution >= 4 is 92.7 Å². The van der Waals surface area contributed by atoms with Gasteiger partial charge in [0.05, 0.1) is 0 Å². The molecule has 0 bridgehead atoms. The molecule has 70 heavy (non-hydrogen) atoms. The number of rotatable bonds is 10. The maximum absolute atomic E-state index is 2.70. The molecule has 0 aliphatic carbocycles. The van der Waals surface area contributed by atoms with Gasteiger partial charge in [0.1, 0.15) is 8.07 Å². The van der Waals surface area contributed by atoms with Gasteiger partial charge < -0.3 is 14.7 Å². The van der Waals surface area contributed by atoms with Crippen molar-refractivity contribution in [2.24, 2.45) is 0 Å². The van der Waals surface area contributed by atoms with Crippen LogP contribution in [0, 0.1) is 13.8 Å². The van der Waals surface area contributed by atoms with Crippen molar-refractivity contribution in [1.82, 2.24) is 0 Å². The van der Waals surface area contributed by atoms with Gasteiger partial charge >= 0.3 is 0 Å². The van der Waals surface area contributed by atoms with Gasteiger partial charge in [-0.05, 0) is 119 Å². The number of benzene rings is 10. The van der Waals surface area contributed by atoms with Gasteiger partial charge in [0.15, 0.2) is 0 Å². The molecule has 0 amide bonds. The zero-order valence-electron chi connectivity index (χ0n) is 40.2. The lowest BCUT2D eigenvalue weighted by molar-refractivity contribution is 0.977. The van der Waals surface area contributed by atoms with E-state index in [1.54, 1.807) is 0 Å². The number of aryl methyl sites for hydroxylation is 2. The van der Waals surface area contributed by atoms with Crippen LogP contribution in [-0.2, 0) is 0 Å². The highest BCUT2D eigenvalue weighted by Gasteiger charge is 2.48. The zero-order valence-corrected chi connectivity index (χ0v) is 41.2. The first-order valence-corrected chi connectivity index (χ1v) is 27.6. The van der Waals surface area contributed by atoms with Gasteiger partial charge in [0, 0.05) is 57.1 Å². The Kier molecular flexibility index (Phi) is 11.0. The van der Waals surface area contributed by atoms with Crippen LogP contribution < -0.4 is 41.5 Å². The van der Waals surface area contributed by atoms with Crippen molar-refractivity contribution in [3.8, 4) is 0 Å². The van der Waals surface area contributed by atoms with Crippen LogP contribution in [0.15, 0.2) is 249 Å². The fraction of sp³-hybridized carbons (Fsp3) is 0.0769. The summed E-state index contributed by atoms with van der Waals surface area (Å²) >= 11 is 0. The molecule has 10 aromatic carbocycles. The third-order valence-corrected chi connectivity index (χ3v) is 18.2. The van der Waals surface area contributed by atoms with E-state index in [2.05, 4.69) is 290 Å². The molecule has 0 radical (unpaired) electrons. The van der Waals surface area contributed by atoms with Gasteiger partial charge in [-0.15, -0.1) is 0 Å². The summed E-state index contributed by atoms with van der Waals surface area (Å²) in [6.45, 7) is 9.51. The molecule has 2 aliphatic heterocycles. The first-order chi connectivity index (χ1) is 34.3. The van der Waals surface area contributed by atoms with E-state index >= 15 is 0 Å². The molecule has 0 atom stereocenters. The van der Waals surface area contributed by atoms with Gasteiger partial charge in [-0.1, -0.05) is 211 Å². The minimum absolute atomic E-state index is 0.0211. The van der Waals surface area contributed by atoms with Crippen molar-refractivity contribution in [2.75, 3.05) is 14.7 Å². The Bertz CT molecular complexity index is 3400. The second-order valence-corrected chi connectivity index (χ2v) is 23.8. The second kappa shape index (κ2) is 17.8. The van der Waals surface area contributed by atoms with Crippen LogP contribution in [0.4, 0.5) is 51.2 Å². The molecule has 0 saturated heterocycles. The van der Waals surface area contributed by atoms with Crippen molar-refractivity contribution in [3.05, 3.63) is 277 Å². The summed E-state index contributed by atoms with van der Waals surface area (Å²) in [6.07, 6.45) is 0. The minimum Gasteiger partial charge on any atom is -0.311 e. The number of para-hydroxylation sites is 3. The largest absolute Gasteiger partial charge is 0.311 e. The average Bonchev–Trinajstić information content (AvgIpc) is 3.41. The van der Waals surface area contributed by atoms with E-state index in [1.807, 2.05) is 0 Å². The molecule has 0 saturated carbocycles. The van der Waals surface area contributed by atoms with Crippen LogP contribution in [0.1, 0.15) is 33.7 Å². The van der Waals surface area contributed by atoms with Gasteiger partial charge in [-0.2, -0.15) is 0 Å². The highest BCUT2D eigenvalue weighted by atomic mass is 28.3. The topological polar surface area (TPSA) is 9.72 Å². The standard InChI is InChI=1S/C65H54BN3Si/c1-46-35-39-54(40-36-46)68-58-42-37-47(2)43-57(58)66-56-41-38-50(62(48-23-11-5-12-24-48)49-25-13-6-14-26-49)44-59(56)69(53-31-19-9-20-32-53)64-63(66)60(68)45-61(65(64)70(3,4)55-33-21-10-22-34-55)67(51-27-15-7-16-28-51)52-29-17-8-18-30-52/h5-45,62H,1-4H3. The van der Waals surface area contributed by atoms with Crippen molar-refractivity contribution in [2.45, 2.75) is 32.9 Å². The van der Waals surface area contributed by atoms with E-state index in [0.29, 0.717) is 0 Å². The van der Waals surface area contributed by atoms with Crippen LogP contribution >= 0.6 is 0 Å².